The Bertz CT molecular complexity index is 333. The largest absolute Gasteiger partial charge is 0.350 e. The molecule has 0 aromatic heterocycles. The van der Waals surface area contributed by atoms with Crippen LogP contribution in [0.3, 0.4) is 0 Å². The maximum atomic E-state index is 12.1. The normalized spacial score (nSPS) is 28.9. The van der Waals surface area contributed by atoms with Crippen molar-refractivity contribution in [2.75, 3.05) is 26.2 Å². The van der Waals surface area contributed by atoms with Crippen molar-refractivity contribution in [2.45, 2.75) is 45.1 Å². The van der Waals surface area contributed by atoms with Crippen molar-refractivity contribution in [1.29, 1.82) is 0 Å². The van der Waals surface area contributed by atoms with Gasteiger partial charge in [0.25, 0.3) is 0 Å². The summed E-state index contributed by atoms with van der Waals surface area (Å²) < 4.78 is 0. The topological polar surface area (TPSA) is 61.4 Å². The third kappa shape index (κ3) is 4.20. The number of carbonyl (C=O) groups excluding carboxylic acids is 2. The van der Waals surface area contributed by atoms with E-state index >= 15 is 0 Å². The number of hydrogen-bond donors (Lipinski definition) is 2. The van der Waals surface area contributed by atoms with Crippen LogP contribution < -0.4 is 10.6 Å². The molecule has 2 amide bonds. The van der Waals surface area contributed by atoms with Gasteiger partial charge in [-0.3, -0.25) is 9.59 Å². The van der Waals surface area contributed by atoms with Crippen molar-refractivity contribution >= 4 is 11.8 Å². The van der Waals surface area contributed by atoms with E-state index in [1.165, 1.54) is 0 Å². The molecular weight excluding hydrogens is 242 g/mol. The first kappa shape index (κ1) is 14.3. The zero-order valence-electron chi connectivity index (χ0n) is 11.8. The van der Waals surface area contributed by atoms with E-state index in [4.69, 9.17) is 0 Å². The van der Waals surface area contributed by atoms with E-state index in [0.717, 1.165) is 45.3 Å². The monoisotopic (exact) mass is 267 g/mol. The van der Waals surface area contributed by atoms with Crippen LogP contribution >= 0.6 is 0 Å². The van der Waals surface area contributed by atoms with E-state index in [1.54, 1.807) is 4.90 Å². The first-order chi connectivity index (χ1) is 9.16. The van der Waals surface area contributed by atoms with Crippen LogP contribution in [-0.4, -0.2) is 48.9 Å². The summed E-state index contributed by atoms with van der Waals surface area (Å²) in [5.41, 5.74) is 0. The van der Waals surface area contributed by atoms with Gasteiger partial charge in [0.1, 0.15) is 0 Å². The average Bonchev–Trinajstić information content (AvgIpc) is 2.58. The van der Waals surface area contributed by atoms with Gasteiger partial charge in [0.2, 0.25) is 11.8 Å². The number of carbonyl (C=O) groups is 2. The maximum Gasteiger partial charge on any atom is 0.239 e. The first-order valence-corrected chi connectivity index (χ1v) is 7.44. The number of hydrogen-bond acceptors (Lipinski definition) is 3. The second kappa shape index (κ2) is 6.89. The number of likely N-dealkylation sites (tertiary alicyclic amines) is 1. The Balaban J connectivity index is 1.81. The van der Waals surface area contributed by atoms with Crippen molar-refractivity contribution in [2.24, 2.45) is 5.92 Å². The van der Waals surface area contributed by atoms with Crippen molar-refractivity contribution in [3.8, 4) is 0 Å². The number of nitrogens with one attached hydrogen (secondary N) is 2. The van der Waals surface area contributed by atoms with Gasteiger partial charge < -0.3 is 15.5 Å². The van der Waals surface area contributed by atoms with Crippen molar-refractivity contribution in [3.63, 3.8) is 0 Å². The smallest absolute Gasteiger partial charge is 0.239 e. The fourth-order valence-electron chi connectivity index (χ4n) is 2.81. The molecule has 0 aliphatic carbocycles. The summed E-state index contributed by atoms with van der Waals surface area (Å²) in [7, 11) is 0. The third-order valence-corrected chi connectivity index (χ3v) is 4.18. The summed E-state index contributed by atoms with van der Waals surface area (Å²) in [6.07, 6.45) is 4.75. The molecule has 2 rings (SSSR count). The maximum absolute atomic E-state index is 12.1. The molecular formula is C14H25N3O2. The summed E-state index contributed by atoms with van der Waals surface area (Å²) >= 11 is 0. The SMILES string of the molecule is CC1CCNCC1NC(=O)CN1CCCCCC1=O. The number of piperidine rings is 1. The van der Waals surface area contributed by atoms with E-state index in [0.29, 0.717) is 12.3 Å². The molecule has 2 atom stereocenters. The molecule has 0 radical (unpaired) electrons. The lowest BCUT2D eigenvalue weighted by molar-refractivity contribution is -0.136. The predicted octanol–water partition coefficient (Wildman–Crippen LogP) is 0.503. The standard InChI is InChI=1S/C14H25N3O2/c1-11-6-7-15-9-12(11)16-13(18)10-17-8-4-2-3-5-14(17)19/h11-12,15H,2-10H2,1H3,(H,16,18). The Kier molecular flexibility index (Phi) is 5.19. The molecule has 0 bridgehead atoms. The molecule has 2 saturated heterocycles. The Morgan fingerprint density at radius 1 is 1.42 bits per heavy atom. The Labute approximate surface area is 115 Å². The quantitative estimate of drug-likeness (QED) is 0.783. The van der Waals surface area contributed by atoms with Gasteiger partial charge in [-0.2, -0.15) is 0 Å². The van der Waals surface area contributed by atoms with E-state index in [2.05, 4.69) is 17.6 Å². The number of amides is 2. The van der Waals surface area contributed by atoms with Crippen LogP contribution in [0.4, 0.5) is 0 Å². The lowest BCUT2D eigenvalue weighted by atomic mass is 9.95. The fraction of sp³-hybridized carbons (Fsp3) is 0.857. The third-order valence-electron chi connectivity index (χ3n) is 4.18. The van der Waals surface area contributed by atoms with Gasteiger partial charge in [-0.05, 0) is 31.7 Å². The Hall–Kier alpha value is -1.10. The summed E-state index contributed by atoms with van der Waals surface area (Å²) in [5, 5.41) is 6.36. The molecule has 0 aromatic rings. The average molecular weight is 267 g/mol. The molecule has 2 unspecified atom stereocenters. The molecule has 0 saturated carbocycles. The van der Waals surface area contributed by atoms with Gasteiger partial charge in [-0.25, -0.2) is 0 Å². The molecule has 5 heteroatoms. The summed E-state index contributed by atoms with van der Waals surface area (Å²) in [5.74, 6) is 0.614. The highest BCUT2D eigenvalue weighted by molar-refractivity contribution is 5.85. The Morgan fingerprint density at radius 3 is 3.05 bits per heavy atom. The van der Waals surface area contributed by atoms with Gasteiger partial charge in [0, 0.05) is 25.6 Å². The highest BCUT2D eigenvalue weighted by Crippen LogP contribution is 2.12. The van der Waals surface area contributed by atoms with Crippen molar-refractivity contribution < 1.29 is 9.59 Å². The highest BCUT2D eigenvalue weighted by Gasteiger charge is 2.24. The summed E-state index contributed by atoms with van der Waals surface area (Å²) in [6, 6.07) is 0.198. The van der Waals surface area contributed by atoms with Gasteiger partial charge in [-0.15, -0.1) is 0 Å². The van der Waals surface area contributed by atoms with Crippen LogP contribution in [0, 0.1) is 5.92 Å². The van der Waals surface area contributed by atoms with Crippen LogP contribution in [0.25, 0.3) is 0 Å². The van der Waals surface area contributed by atoms with Gasteiger partial charge in [0.05, 0.1) is 6.54 Å². The van der Waals surface area contributed by atoms with Gasteiger partial charge in [-0.1, -0.05) is 13.3 Å². The fourth-order valence-corrected chi connectivity index (χ4v) is 2.81. The van der Waals surface area contributed by atoms with E-state index in [9.17, 15) is 9.59 Å². The molecule has 0 spiro atoms. The molecule has 2 aliphatic rings. The predicted molar refractivity (Wildman–Crippen MR) is 73.6 cm³/mol. The second-order valence-corrected chi connectivity index (χ2v) is 5.77. The van der Waals surface area contributed by atoms with Crippen LogP contribution in [0.15, 0.2) is 0 Å². The number of rotatable bonds is 3. The minimum absolute atomic E-state index is 0.0178. The van der Waals surface area contributed by atoms with Crippen LogP contribution in [0.1, 0.15) is 39.0 Å². The molecule has 19 heavy (non-hydrogen) atoms. The lowest BCUT2D eigenvalue weighted by Gasteiger charge is -2.31. The van der Waals surface area contributed by atoms with E-state index in [-0.39, 0.29) is 24.4 Å². The Morgan fingerprint density at radius 2 is 2.26 bits per heavy atom. The van der Waals surface area contributed by atoms with Crippen LogP contribution in [0.5, 0.6) is 0 Å². The molecule has 0 aromatic carbocycles. The highest BCUT2D eigenvalue weighted by atomic mass is 16.2. The molecule has 108 valence electrons. The van der Waals surface area contributed by atoms with E-state index < -0.39 is 0 Å². The zero-order chi connectivity index (χ0) is 13.7. The van der Waals surface area contributed by atoms with E-state index in [1.807, 2.05) is 0 Å². The minimum Gasteiger partial charge on any atom is -0.350 e. The summed E-state index contributed by atoms with van der Waals surface area (Å²) in [4.78, 5) is 25.6. The van der Waals surface area contributed by atoms with Gasteiger partial charge in [0.15, 0.2) is 0 Å². The van der Waals surface area contributed by atoms with Gasteiger partial charge >= 0.3 is 0 Å². The van der Waals surface area contributed by atoms with Crippen LogP contribution in [0.2, 0.25) is 0 Å². The second-order valence-electron chi connectivity index (χ2n) is 5.77. The number of nitrogens with zero attached hydrogens (tertiary/aromatic N) is 1. The van der Waals surface area contributed by atoms with Crippen molar-refractivity contribution in [3.05, 3.63) is 0 Å². The lowest BCUT2D eigenvalue weighted by Crippen LogP contribution is -2.52. The first-order valence-electron chi connectivity index (χ1n) is 7.44. The van der Waals surface area contributed by atoms with Crippen LogP contribution in [-0.2, 0) is 9.59 Å². The molecule has 2 heterocycles. The molecule has 2 N–H and O–H groups in total. The zero-order valence-corrected chi connectivity index (χ0v) is 11.8. The van der Waals surface area contributed by atoms with Crippen molar-refractivity contribution in [1.82, 2.24) is 15.5 Å². The molecule has 2 fully saturated rings. The molecule has 5 nitrogen and oxygen atoms in total. The molecule has 2 aliphatic heterocycles. The summed E-state index contributed by atoms with van der Waals surface area (Å²) in [6.45, 7) is 4.98. The minimum atomic E-state index is -0.0178.